The van der Waals surface area contributed by atoms with Gasteiger partial charge in [0.1, 0.15) is 5.78 Å². The molecule has 1 fully saturated rings. The van der Waals surface area contributed by atoms with Crippen LogP contribution in [0.25, 0.3) is 0 Å². The molecular formula is C15H26O. The number of Topliss-reactive ketones (excluding diaryl/α,β-unsaturated/α-hetero) is 1. The average molecular weight is 222 g/mol. The van der Waals surface area contributed by atoms with Gasteiger partial charge in [-0.3, -0.25) is 4.79 Å². The lowest BCUT2D eigenvalue weighted by atomic mass is 9.67. The SMILES string of the molecule is C=C(C)CC1(CCCCC)CCCCC1=O. The minimum Gasteiger partial charge on any atom is -0.299 e. The van der Waals surface area contributed by atoms with E-state index in [0.717, 1.165) is 32.1 Å². The van der Waals surface area contributed by atoms with E-state index in [9.17, 15) is 4.79 Å². The number of rotatable bonds is 6. The summed E-state index contributed by atoms with van der Waals surface area (Å²) in [5.74, 6) is 0.512. The van der Waals surface area contributed by atoms with Crippen LogP contribution in [0, 0.1) is 5.41 Å². The Morgan fingerprint density at radius 3 is 2.69 bits per heavy atom. The summed E-state index contributed by atoms with van der Waals surface area (Å²) in [6.45, 7) is 8.28. The Hall–Kier alpha value is -0.590. The van der Waals surface area contributed by atoms with Gasteiger partial charge in [0.2, 0.25) is 0 Å². The number of allylic oxidation sites excluding steroid dienone is 1. The van der Waals surface area contributed by atoms with Crippen molar-refractivity contribution in [1.29, 1.82) is 0 Å². The zero-order valence-electron chi connectivity index (χ0n) is 11.0. The highest BCUT2D eigenvalue weighted by atomic mass is 16.1. The molecule has 1 aliphatic rings. The molecule has 0 aliphatic heterocycles. The average Bonchev–Trinajstić information content (AvgIpc) is 2.22. The molecule has 1 atom stereocenters. The highest BCUT2D eigenvalue weighted by molar-refractivity contribution is 5.85. The molecule has 0 heterocycles. The van der Waals surface area contributed by atoms with Crippen molar-refractivity contribution < 1.29 is 4.79 Å². The fourth-order valence-corrected chi connectivity index (χ4v) is 2.98. The van der Waals surface area contributed by atoms with Crippen LogP contribution >= 0.6 is 0 Å². The summed E-state index contributed by atoms with van der Waals surface area (Å²) in [6.07, 6.45) is 9.94. The lowest BCUT2D eigenvalue weighted by Gasteiger charge is -2.36. The molecule has 0 spiro atoms. The molecule has 0 N–H and O–H groups in total. The fraction of sp³-hybridized carbons (Fsp3) is 0.800. The van der Waals surface area contributed by atoms with E-state index in [1.54, 1.807) is 0 Å². The Balaban J connectivity index is 2.65. The second-order valence-electron chi connectivity index (χ2n) is 5.50. The second-order valence-corrected chi connectivity index (χ2v) is 5.50. The van der Waals surface area contributed by atoms with Crippen LogP contribution in [0.5, 0.6) is 0 Å². The van der Waals surface area contributed by atoms with Crippen molar-refractivity contribution in [3.63, 3.8) is 0 Å². The first-order valence-corrected chi connectivity index (χ1v) is 6.78. The number of unbranched alkanes of at least 4 members (excludes halogenated alkanes) is 2. The minimum absolute atomic E-state index is 0.0285. The van der Waals surface area contributed by atoms with Gasteiger partial charge in [0.15, 0.2) is 0 Å². The molecule has 1 unspecified atom stereocenters. The third kappa shape index (κ3) is 3.47. The van der Waals surface area contributed by atoms with Crippen molar-refractivity contribution in [2.45, 2.75) is 71.6 Å². The number of hydrogen-bond acceptors (Lipinski definition) is 1. The predicted molar refractivity (Wildman–Crippen MR) is 69.5 cm³/mol. The zero-order valence-corrected chi connectivity index (χ0v) is 11.0. The number of carbonyl (C=O) groups is 1. The summed E-state index contributed by atoms with van der Waals surface area (Å²) < 4.78 is 0. The summed E-state index contributed by atoms with van der Waals surface area (Å²) in [6, 6.07) is 0. The van der Waals surface area contributed by atoms with Gasteiger partial charge in [0.25, 0.3) is 0 Å². The highest BCUT2D eigenvalue weighted by Gasteiger charge is 2.38. The first kappa shape index (κ1) is 13.5. The third-order valence-corrected chi connectivity index (χ3v) is 3.80. The van der Waals surface area contributed by atoms with E-state index in [-0.39, 0.29) is 5.41 Å². The van der Waals surface area contributed by atoms with Crippen molar-refractivity contribution in [3.8, 4) is 0 Å². The molecule has 0 aromatic rings. The van der Waals surface area contributed by atoms with Crippen LogP contribution in [0.3, 0.4) is 0 Å². The van der Waals surface area contributed by atoms with Crippen molar-refractivity contribution in [1.82, 2.24) is 0 Å². The van der Waals surface area contributed by atoms with Crippen LogP contribution in [-0.4, -0.2) is 5.78 Å². The molecular weight excluding hydrogens is 196 g/mol. The molecule has 1 heteroatoms. The Morgan fingerprint density at radius 2 is 2.12 bits per heavy atom. The van der Waals surface area contributed by atoms with Gasteiger partial charge in [-0.2, -0.15) is 0 Å². The summed E-state index contributed by atoms with van der Waals surface area (Å²) in [4.78, 5) is 12.2. The maximum Gasteiger partial charge on any atom is 0.139 e. The van der Waals surface area contributed by atoms with Crippen LogP contribution in [-0.2, 0) is 4.79 Å². The lowest BCUT2D eigenvalue weighted by Crippen LogP contribution is -2.34. The Morgan fingerprint density at radius 1 is 1.38 bits per heavy atom. The van der Waals surface area contributed by atoms with E-state index in [0.29, 0.717) is 5.78 Å². The Labute approximate surface area is 100 Å². The van der Waals surface area contributed by atoms with Crippen molar-refractivity contribution >= 4 is 5.78 Å². The largest absolute Gasteiger partial charge is 0.299 e. The smallest absolute Gasteiger partial charge is 0.139 e. The van der Waals surface area contributed by atoms with Crippen molar-refractivity contribution in [3.05, 3.63) is 12.2 Å². The van der Waals surface area contributed by atoms with Crippen LogP contribution in [0.2, 0.25) is 0 Å². The summed E-state index contributed by atoms with van der Waals surface area (Å²) in [7, 11) is 0. The van der Waals surface area contributed by atoms with Crippen molar-refractivity contribution in [2.75, 3.05) is 0 Å². The van der Waals surface area contributed by atoms with E-state index >= 15 is 0 Å². The molecule has 1 rings (SSSR count). The standard InChI is InChI=1S/C15H26O/c1-4-5-7-10-15(12-13(2)3)11-8-6-9-14(15)16/h2,4-12H2,1,3H3. The monoisotopic (exact) mass is 222 g/mol. The molecule has 0 aromatic carbocycles. The second kappa shape index (κ2) is 6.22. The maximum absolute atomic E-state index is 12.2. The topological polar surface area (TPSA) is 17.1 Å². The first-order valence-electron chi connectivity index (χ1n) is 6.78. The molecule has 1 aliphatic carbocycles. The minimum atomic E-state index is -0.0285. The van der Waals surface area contributed by atoms with Crippen LogP contribution in [0.15, 0.2) is 12.2 Å². The molecule has 16 heavy (non-hydrogen) atoms. The molecule has 0 saturated heterocycles. The first-order chi connectivity index (χ1) is 7.60. The lowest BCUT2D eigenvalue weighted by molar-refractivity contribution is -0.131. The van der Waals surface area contributed by atoms with E-state index in [2.05, 4.69) is 20.4 Å². The fourth-order valence-electron chi connectivity index (χ4n) is 2.98. The van der Waals surface area contributed by atoms with Gasteiger partial charge in [-0.15, -0.1) is 6.58 Å². The molecule has 0 aromatic heterocycles. The molecule has 92 valence electrons. The maximum atomic E-state index is 12.2. The zero-order chi connectivity index (χ0) is 12.0. The molecule has 0 radical (unpaired) electrons. The molecule has 0 amide bonds. The summed E-state index contributed by atoms with van der Waals surface area (Å²) in [5.41, 5.74) is 1.14. The summed E-state index contributed by atoms with van der Waals surface area (Å²) >= 11 is 0. The van der Waals surface area contributed by atoms with Crippen LogP contribution in [0.1, 0.15) is 71.6 Å². The third-order valence-electron chi connectivity index (χ3n) is 3.80. The number of carbonyl (C=O) groups excluding carboxylic acids is 1. The van der Waals surface area contributed by atoms with Gasteiger partial charge in [-0.05, 0) is 32.6 Å². The summed E-state index contributed by atoms with van der Waals surface area (Å²) in [5, 5.41) is 0. The van der Waals surface area contributed by atoms with Crippen LogP contribution < -0.4 is 0 Å². The van der Waals surface area contributed by atoms with Gasteiger partial charge < -0.3 is 0 Å². The Kier molecular flexibility index (Phi) is 5.24. The van der Waals surface area contributed by atoms with E-state index in [4.69, 9.17) is 0 Å². The van der Waals surface area contributed by atoms with Gasteiger partial charge in [0.05, 0.1) is 0 Å². The predicted octanol–water partition coefficient (Wildman–Crippen LogP) is 4.66. The number of ketones is 1. The normalized spacial score (nSPS) is 25.8. The van der Waals surface area contributed by atoms with Crippen molar-refractivity contribution in [2.24, 2.45) is 5.41 Å². The molecule has 0 bridgehead atoms. The van der Waals surface area contributed by atoms with Gasteiger partial charge in [0, 0.05) is 11.8 Å². The molecule has 1 saturated carbocycles. The number of hydrogen-bond donors (Lipinski definition) is 0. The quantitative estimate of drug-likeness (QED) is 0.472. The molecule has 1 nitrogen and oxygen atoms in total. The van der Waals surface area contributed by atoms with Gasteiger partial charge >= 0.3 is 0 Å². The van der Waals surface area contributed by atoms with E-state index < -0.39 is 0 Å². The Bertz CT molecular complexity index is 254. The van der Waals surface area contributed by atoms with Gasteiger partial charge in [-0.1, -0.05) is 38.2 Å². The van der Waals surface area contributed by atoms with Gasteiger partial charge in [-0.25, -0.2) is 0 Å². The van der Waals surface area contributed by atoms with Crippen LogP contribution in [0.4, 0.5) is 0 Å². The van der Waals surface area contributed by atoms with E-state index in [1.165, 1.54) is 31.3 Å². The highest BCUT2D eigenvalue weighted by Crippen LogP contribution is 2.42. The van der Waals surface area contributed by atoms with E-state index in [1.807, 2.05) is 0 Å².